The summed E-state index contributed by atoms with van der Waals surface area (Å²) in [6.07, 6.45) is -3.64. The summed E-state index contributed by atoms with van der Waals surface area (Å²) >= 11 is 0. The molecule has 2 aromatic carbocycles. The van der Waals surface area contributed by atoms with E-state index < -0.39 is 24.0 Å². The number of carbonyl (C=O) groups excluding carboxylic acids is 2. The lowest BCUT2D eigenvalue weighted by atomic mass is 9.97. The summed E-state index contributed by atoms with van der Waals surface area (Å²) in [5, 5.41) is 32.2. The van der Waals surface area contributed by atoms with Gasteiger partial charge in [0, 0.05) is 38.6 Å². The maximum atomic E-state index is 12.5. The molecule has 0 unspecified atom stereocenters. The molecule has 0 saturated carbocycles. The molecule has 2 heterocycles. The molecule has 4 rings (SSSR count). The van der Waals surface area contributed by atoms with Gasteiger partial charge in [-0.05, 0) is 23.3 Å². The van der Waals surface area contributed by atoms with Crippen LogP contribution < -0.4 is 10.2 Å². The van der Waals surface area contributed by atoms with Crippen molar-refractivity contribution in [2.45, 2.75) is 25.3 Å². The van der Waals surface area contributed by atoms with E-state index >= 15 is 0 Å². The number of nitrogens with zero attached hydrogens (tertiary/aromatic N) is 3. The predicted octanol–water partition coefficient (Wildman–Crippen LogP) is 0.375. The first kappa shape index (κ1) is 20.8. The van der Waals surface area contributed by atoms with E-state index in [-0.39, 0.29) is 5.92 Å². The second-order valence-corrected chi connectivity index (χ2v) is 8.00. The van der Waals surface area contributed by atoms with Crippen LogP contribution in [-0.2, 0) is 22.7 Å². The number of carbonyl (C=O) groups is 2. The van der Waals surface area contributed by atoms with Gasteiger partial charge in [0.1, 0.15) is 6.07 Å². The van der Waals surface area contributed by atoms with Gasteiger partial charge in [0.2, 0.25) is 0 Å². The molecule has 0 bridgehead atoms. The minimum Gasteiger partial charge on any atom is -0.380 e. The Labute approximate surface area is 180 Å². The van der Waals surface area contributed by atoms with Gasteiger partial charge < -0.3 is 25.3 Å². The molecular weight excluding hydrogens is 396 g/mol. The number of aliphatic hydroxyl groups excluding tert-OH is 2. The van der Waals surface area contributed by atoms with E-state index in [9.17, 15) is 25.1 Å². The molecule has 2 aromatic rings. The Balaban J connectivity index is 1.24. The molecule has 8 heteroatoms. The number of nitriles is 1. The Morgan fingerprint density at radius 3 is 2.29 bits per heavy atom. The summed E-state index contributed by atoms with van der Waals surface area (Å²) in [4.78, 5) is 28.3. The number of nitrogens with one attached hydrogen (secondary N) is 1. The number of hydrogen-bond donors (Lipinski definition) is 3. The van der Waals surface area contributed by atoms with Gasteiger partial charge in [-0.1, -0.05) is 36.4 Å². The fraction of sp³-hybridized carbons (Fsp3) is 0.348. The summed E-state index contributed by atoms with van der Waals surface area (Å²) in [7, 11) is 0. The van der Waals surface area contributed by atoms with Crippen molar-refractivity contribution in [3.63, 3.8) is 0 Å². The van der Waals surface area contributed by atoms with E-state index in [0.717, 1.165) is 16.8 Å². The molecule has 31 heavy (non-hydrogen) atoms. The number of hydrogen-bond acceptors (Lipinski definition) is 6. The van der Waals surface area contributed by atoms with Crippen LogP contribution in [-0.4, -0.2) is 58.8 Å². The van der Waals surface area contributed by atoms with Crippen molar-refractivity contribution < 1.29 is 19.8 Å². The highest BCUT2D eigenvalue weighted by molar-refractivity contribution is 5.91. The molecule has 1 fully saturated rings. The Morgan fingerprint density at radius 2 is 1.65 bits per heavy atom. The van der Waals surface area contributed by atoms with Crippen LogP contribution in [0.2, 0.25) is 0 Å². The van der Waals surface area contributed by atoms with Gasteiger partial charge in [0.05, 0.1) is 11.3 Å². The average molecular weight is 420 g/mol. The lowest BCUT2D eigenvalue weighted by Gasteiger charge is -2.41. The fourth-order valence-electron chi connectivity index (χ4n) is 4.04. The third-order valence-electron chi connectivity index (χ3n) is 5.86. The molecule has 0 radical (unpaired) electrons. The van der Waals surface area contributed by atoms with Crippen LogP contribution in [0.15, 0.2) is 48.5 Å². The van der Waals surface area contributed by atoms with Crippen LogP contribution in [0.1, 0.15) is 16.7 Å². The highest BCUT2D eigenvalue weighted by Crippen LogP contribution is 2.27. The minimum absolute atomic E-state index is 0.156. The molecule has 0 spiro atoms. The van der Waals surface area contributed by atoms with Gasteiger partial charge in [0.15, 0.2) is 12.2 Å². The van der Waals surface area contributed by atoms with Gasteiger partial charge in [-0.15, -0.1) is 0 Å². The molecule has 0 aliphatic carbocycles. The zero-order chi connectivity index (χ0) is 22.0. The Hall–Kier alpha value is -3.41. The van der Waals surface area contributed by atoms with Crippen molar-refractivity contribution in [2.24, 2.45) is 5.92 Å². The van der Waals surface area contributed by atoms with Crippen molar-refractivity contribution in [3.8, 4) is 6.07 Å². The molecule has 3 N–H and O–H groups in total. The first-order valence-corrected chi connectivity index (χ1v) is 10.2. The van der Waals surface area contributed by atoms with E-state index in [1.807, 2.05) is 42.5 Å². The third kappa shape index (κ3) is 4.24. The van der Waals surface area contributed by atoms with Crippen molar-refractivity contribution in [3.05, 3.63) is 65.2 Å². The molecule has 160 valence electrons. The van der Waals surface area contributed by atoms with Crippen molar-refractivity contribution in [1.29, 1.82) is 5.26 Å². The van der Waals surface area contributed by atoms with Gasteiger partial charge in [-0.3, -0.25) is 9.59 Å². The van der Waals surface area contributed by atoms with Crippen molar-refractivity contribution in [1.82, 2.24) is 10.2 Å². The van der Waals surface area contributed by atoms with Crippen LogP contribution in [0.25, 0.3) is 0 Å². The summed E-state index contributed by atoms with van der Waals surface area (Å²) < 4.78 is 0. The van der Waals surface area contributed by atoms with E-state index in [4.69, 9.17) is 0 Å². The molecule has 1 saturated heterocycles. The van der Waals surface area contributed by atoms with Gasteiger partial charge in [-0.25, -0.2) is 0 Å². The first-order valence-electron chi connectivity index (χ1n) is 10.2. The standard InChI is InChI=1S/C23H24N4O4/c24-9-16-5-3-4-8-19(16)26-11-15(12-26)10-25-22(30)20(28)21(29)23(31)27-13-17-6-1-2-7-18(17)14-27/h1-8,15,20-21,28-29H,10-14H2,(H,25,30)/t20-,21-/m1/s1. The Kier molecular flexibility index (Phi) is 5.89. The average Bonchev–Trinajstić information content (AvgIpc) is 3.20. The minimum atomic E-state index is -1.83. The van der Waals surface area contributed by atoms with Gasteiger partial charge >= 0.3 is 0 Å². The number of amides is 2. The van der Waals surface area contributed by atoms with E-state index in [1.54, 1.807) is 6.07 Å². The molecule has 8 nitrogen and oxygen atoms in total. The molecule has 2 amide bonds. The zero-order valence-electron chi connectivity index (χ0n) is 16.9. The highest BCUT2D eigenvalue weighted by atomic mass is 16.3. The van der Waals surface area contributed by atoms with Gasteiger partial charge in [-0.2, -0.15) is 5.26 Å². The topological polar surface area (TPSA) is 117 Å². The number of aliphatic hydroxyl groups is 2. The molecule has 0 aromatic heterocycles. The molecule has 2 aliphatic heterocycles. The van der Waals surface area contributed by atoms with Gasteiger partial charge in [0.25, 0.3) is 11.8 Å². The summed E-state index contributed by atoms with van der Waals surface area (Å²) in [5.41, 5.74) is 3.45. The van der Waals surface area contributed by atoms with Crippen LogP contribution in [0, 0.1) is 17.2 Å². The second-order valence-electron chi connectivity index (χ2n) is 8.00. The normalized spacial score (nSPS) is 17.3. The van der Waals surface area contributed by atoms with E-state index in [2.05, 4.69) is 16.3 Å². The predicted molar refractivity (Wildman–Crippen MR) is 113 cm³/mol. The molecule has 2 aliphatic rings. The summed E-state index contributed by atoms with van der Waals surface area (Å²) in [6, 6.07) is 17.1. The number of benzene rings is 2. The number of para-hydroxylation sites is 1. The number of rotatable bonds is 6. The van der Waals surface area contributed by atoms with Crippen LogP contribution >= 0.6 is 0 Å². The number of anilines is 1. The largest absolute Gasteiger partial charge is 0.380 e. The van der Waals surface area contributed by atoms with E-state index in [1.165, 1.54) is 4.90 Å². The second kappa shape index (κ2) is 8.76. The van der Waals surface area contributed by atoms with Crippen LogP contribution in [0.5, 0.6) is 0 Å². The smallest absolute Gasteiger partial charge is 0.255 e. The number of fused-ring (bicyclic) bond motifs is 1. The maximum Gasteiger partial charge on any atom is 0.255 e. The van der Waals surface area contributed by atoms with Crippen molar-refractivity contribution in [2.75, 3.05) is 24.5 Å². The van der Waals surface area contributed by atoms with Crippen molar-refractivity contribution >= 4 is 17.5 Å². The maximum absolute atomic E-state index is 12.5. The third-order valence-corrected chi connectivity index (χ3v) is 5.86. The molecule has 2 atom stereocenters. The molecular formula is C23H24N4O4. The van der Waals surface area contributed by atoms with Crippen LogP contribution in [0.4, 0.5) is 5.69 Å². The highest BCUT2D eigenvalue weighted by Gasteiger charge is 2.36. The summed E-state index contributed by atoms with van der Waals surface area (Å²) in [6.45, 7) is 2.35. The lowest BCUT2D eigenvalue weighted by Crippen LogP contribution is -2.54. The lowest BCUT2D eigenvalue weighted by molar-refractivity contribution is -0.153. The zero-order valence-corrected chi connectivity index (χ0v) is 16.9. The summed E-state index contributed by atoms with van der Waals surface area (Å²) in [5.74, 6) is -1.28. The van der Waals surface area contributed by atoms with E-state index in [0.29, 0.717) is 38.3 Å². The Bertz CT molecular complexity index is 1000. The Morgan fingerprint density at radius 1 is 1.03 bits per heavy atom. The quantitative estimate of drug-likeness (QED) is 0.622. The van der Waals surface area contributed by atoms with Crippen LogP contribution in [0.3, 0.4) is 0 Å². The first-order chi connectivity index (χ1) is 15.0. The monoisotopic (exact) mass is 420 g/mol. The SMILES string of the molecule is N#Cc1ccccc1N1CC(CNC(=O)[C@H](O)[C@@H](O)C(=O)N2Cc3ccccc3C2)C1. The fourth-order valence-corrected chi connectivity index (χ4v) is 4.04.